The van der Waals surface area contributed by atoms with Gasteiger partial charge in [-0.15, -0.1) is 0 Å². The number of amides is 1. The van der Waals surface area contributed by atoms with Gasteiger partial charge in [0, 0.05) is 32.7 Å². The SMILES string of the molecule is O=C1NCCNC12CCN(Cc1ccccc1)C2. The summed E-state index contributed by atoms with van der Waals surface area (Å²) in [5.41, 5.74) is 0.971. The third-order valence-electron chi connectivity index (χ3n) is 3.91. The van der Waals surface area contributed by atoms with E-state index in [-0.39, 0.29) is 11.4 Å². The summed E-state index contributed by atoms with van der Waals surface area (Å²) in [7, 11) is 0. The molecule has 1 amide bonds. The van der Waals surface area contributed by atoms with Crippen molar-refractivity contribution in [3.63, 3.8) is 0 Å². The Hall–Kier alpha value is -1.39. The Labute approximate surface area is 107 Å². The van der Waals surface area contributed by atoms with E-state index in [1.807, 2.05) is 6.07 Å². The van der Waals surface area contributed by atoms with Crippen molar-refractivity contribution in [3.8, 4) is 0 Å². The van der Waals surface area contributed by atoms with E-state index in [1.54, 1.807) is 0 Å². The van der Waals surface area contributed by atoms with Gasteiger partial charge in [-0.3, -0.25) is 9.69 Å². The first-order valence-corrected chi connectivity index (χ1v) is 6.58. The van der Waals surface area contributed by atoms with Gasteiger partial charge in [0.25, 0.3) is 0 Å². The minimum Gasteiger partial charge on any atom is -0.353 e. The van der Waals surface area contributed by atoms with Crippen molar-refractivity contribution in [1.82, 2.24) is 15.5 Å². The van der Waals surface area contributed by atoms with E-state index in [4.69, 9.17) is 0 Å². The van der Waals surface area contributed by atoms with Crippen molar-refractivity contribution in [3.05, 3.63) is 35.9 Å². The van der Waals surface area contributed by atoms with Crippen LogP contribution in [0.3, 0.4) is 0 Å². The van der Waals surface area contributed by atoms with Crippen LogP contribution >= 0.6 is 0 Å². The number of hydrogen-bond acceptors (Lipinski definition) is 3. The molecule has 0 aliphatic carbocycles. The highest BCUT2D eigenvalue weighted by molar-refractivity contribution is 5.87. The summed E-state index contributed by atoms with van der Waals surface area (Å²) in [6, 6.07) is 10.4. The van der Waals surface area contributed by atoms with Gasteiger partial charge >= 0.3 is 0 Å². The first-order chi connectivity index (χ1) is 8.78. The first kappa shape index (κ1) is 11.7. The van der Waals surface area contributed by atoms with Gasteiger partial charge in [-0.05, 0) is 12.0 Å². The zero-order valence-corrected chi connectivity index (χ0v) is 10.5. The van der Waals surface area contributed by atoms with E-state index in [9.17, 15) is 4.79 Å². The molecular weight excluding hydrogens is 226 g/mol. The summed E-state index contributed by atoms with van der Waals surface area (Å²) < 4.78 is 0. The Kier molecular flexibility index (Phi) is 3.06. The van der Waals surface area contributed by atoms with E-state index in [2.05, 4.69) is 39.8 Å². The number of nitrogens with one attached hydrogen (secondary N) is 2. The Morgan fingerprint density at radius 1 is 1.22 bits per heavy atom. The fourth-order valence-electron chi connectivity index (χ4n) is 2.92. The minimum atomic E-state index is -0.340. The molecule has 2 aliphatic heterocycles. The van der Waals surface area contributed by atoms with E-state index in [1.165, 1.54) is 5.56 Å². The molecule has 0 saturated carbocycles. The molecule has 2 heterocycles. The molecule has 1 spiro atoms. The van der Waals surface area contributed by atoms with E-state index < -0.39 is 0 Å². The maximum Gasteiger partial charge on any atom is 0.241 e. The lowest BCUT2D eigenvalue weighted by molar-refractivity contribution is -0.128. The van der Waals surface area contributed by atoms with Gasteiger partial charge in [-0.25, -0.2) is 0 Å². The fourth-order valence-corrected chi connectivity index (χ4v) is 2.92. The molecule has 0 radical (unpaired) electrons. The predicted molar refractivity (Wildman–Crippen MR) is 70.1 cm³/mol. The van der Waals surface area contributed by atoms with Crippen molar-refractivity contribution < 1.29 is 4.79 Å². The highest BCUT2D eigenvalue weighted by atomic mass is 16.2. The molecule has 96 valence electrons. The van der Waals surface area contributed by atoms with Gasteiger partial charge in [-0.1, -0.05) is 30.3 Å². The number of likely N-dealkylation sites (tertiary alicyclic amines) is 1. The van der Waals surface area contributed by atoms with Crippen molar-refractivity contribution in [2.75, 3.05) is 26.2 Å². The van der Waals surface area contributed by atoms with Crippen LogP contribution in [-0.4, -0.2) is 42.5 Å². The van der Waals surface area contributed by atoms with Crippen LogP contribution in [0.4, 0.5) is 0 Å². The van der Waals surface area contributed by atoms with Gasteiger partial charge in [0.05, 0.1) is 0 Å². The second kappa shape index (κ2) is 4.71. The van der Waals surface area contributed by atoms with Crippen LogP contribution in [0.15, 0.2) is 30.3 Å². The van der Waals surface area contributed by atoms with E-state index >= 15 is 0 Å². The van der Waals surface area contributed by atoms with Gasteiger partial charge in [0.15, 0.2) is 0 Å². The van der Waals surface area contributed by atoms with E-state index in [0.717, 1.165) is 39.1 Å². The molecule has 2 aliphatic rings. The average Bonchev–Trinajstić information content (AvgIpc) is 2.79. The second-order valence-corrected chi connectivity index (χ2v) is 5.21. The largest absolute Gasteiger partial charge is 0.353 e. The number of nitrogens with zero attached hydrogens (tertiary/aromatic N) is 1. The van der Waals surface area contributed by atoms with Crippen LogP contribution in [0.25, 0.3) is 0 Å². The zero-order valence-electron chi connectivity index (χ0n) is 10.5. The Morgan fingerprint density at radius 3 is 2.83 bits per heavy atom. The molecule has 4 nitrogen and oxygen atoms in total. The molecule has 2 fully saturated rings. The van der Waals surface area contributed by atoms with Crippen LogP contribution in [0.1, 0.15) is 12.0 Å². The lowest BCUT2D eigenvalue weighted by atomic mass is 9.95. The van der Waals surface area contributed by atoms with Gasteiger partial charge < -0.3 is 10.6 Å². The van der Waals surface area contributed by atoms with Crippen LogP contribution in [0, 0.1) is 0 Å². The highest BCUT2D eigenvalue weighted by Crippen LogP contribution is 2.24. The van der Waals surface area contributed by atoms with Gasteiger partial charge in [0.2, 0.25) is 5.91 Å². The third kappa shape index (κ3) is 2.13. The molecule has 2 saturated heterocycles. The number of rotatable bonds is 2. The van der Waals surface area contributed by atoms with Crippen molar-refractivity contribution in [2.24, 2.45) is 0 Å². The summed E-state index contributed by atoms with van der Waals surface area (Å²) >= 11 is 0. The van der Waals surface area contributed by atoms with Crippen molar-refractivity contribution in [1.29, 1.82) is 0 Å². The summed E-state index contributed by atoms with van der Waals surface area (Å²) in [5.74, 6) is 0.171. The lowest BCUT2D eigenvalue weighted by Crippen LogP contribution is -2.64. The molecule has 1 aromatic rings. The molecule has 18 heavy (non-hydrogen) atoms. The number of benzene rings is 1. The van der Waals surface area contributed by atoms with Crippen LogP contribution < -0.4 is 10.6 Å². The van der Waals surface area contributed by atoms with E-state index in [0.29, 0.717) is 0 Å². The predicted octanol–water partition coefficient (Wildman–Crippen LogP) is 0.351. The number of carbonyl (C=O) groups is 1. The fraction of sp³-hybridized carbons (Fsp3) is 0.500. The third-order valence-corrected chi connectivity index (χ3v) is 3.91. The Morgan fingerprint density at radius 2 is 2.06 bits per heavy atom. The maximum atomic E-state index is 12.0. The van der Waals surface area contributed by atoms with Gasteiger partial charge in [0.1, 0.15) is 5.54 Å². The van der Waals surface area contributed by atoms with Crippen molar-refractivity contribution >= 4 is 5.91 Å². The summed E-state index contributed by atoms with van der Waals surface area (Å²) in [6.07, 6.45) is 0.908. The van der Waals surface area contributed by atoms with Crippen molar-refractivity contribution in [2.45, 2.75) is 18.5 Å². The molecule has 4 heteroatoms. The molecule has 2 N–H and O–H groups in total. The van der Waals surface area contributed by atoms with Crippen LogP contribution in [0.5, 0.6) is 0 Å². The Balaban J connectivity index is 1.66. The molecule has 1 aromatic carbocycles. The number of hydrogen-bond donors (Lipinski definition) is 2. The minimum absolute atomic E-state index is 0.171. The average molecular weight is 245 g/mol. The topological polar surface area (TPSA) is 44.4 Å². The number of piperazine rings is 1. The molecule has 1 unspecified atom stereocenters. The smallest absolute Gasteiger partial charge is 0.241 e. The van der Waals surface area contributed by atoms with Crippen LogP contribution in [-0.2, 0) is 11.3 Å². The maximum absolute atomic E-state index is 12.0. The van der Waals surface area contributed by atoms with Crippen LogP contribution in [0.2, 0.25) is 0 Å². The first-order valence-electron chi connectivity index (χ1n) is 6.58. The Bertz CT molecular complexity index is 434. The monoisotopic (exact) mass is 245 g/mol. The second-order valence-electron chi connectivity index (χ2n) is 5.21. The molecule has 0 bridgehead atoms. The molecular formula is C14H19N3O. The normalized spacial score (nSPS) is 28.6. The highest BCUT2D eigenvalue weighted by Gasteiger charge is 2.45. The number of carbonyl (C=O) groups excluding carboxylic acids is 1. The quantitative estimate of drug-likeness (QED) is 0.790. The molecule has 0 aromatic heterocycles. The zero-order chi connectivity index (χ0) is 12.4. The summed E-state index contributed by atoms with van der Waals surface area (Å²) in [5, 5.41) is 6.38. The summed E-state index contributed by atoms with van der Waals surface area (Å²) in [6.45, 7) is 4.35. The standard InChI is InChI=1S/C14H19N3O/c18-13-14(16-8-7-15-13)6-9-17(11-14)10-12-4-2-1-3-5-12/h1-5,16H,6-11H2,(H,15,18). The molecule has 1 atom stereocenters. The summed E-state index contributed by atoms with van der Waals surface area (Å²) in [4.78, 5) is 14.4. The molecule has 3 rings (SSSR count). The lowest BCUT2D eigenvalue weighted by Gasteiger charge is -2.33. The van der Waals surface area contributed by atoms with Gasteiger partial charge in [-0.2, -0.15) is 0 Å².